The number of aliphatic hydroxyl groups excluding tert-OH is 1. The molecule has 1 heterocycles. The molecule has 158 valence electrons. The average Bonchev–Trinajstić information content (AvgIpc) is 3.10. The minimum atomic E-state index is -0.594. The maximum Gasteiger partial charge on any atom is 0.253 e. The van der Waals surface area contributed by atoms with Crippen LogP contribution in [-0.2, 0) is 6.54 Å². The molecular weight excluding hydrogens is 390 g/mol. The topological polar surface area (TPSA) is 63.5 Å². The number of hydrogen-bond donors (Lipinski definition) is 2. The molecule has 2 aromatic carbocycles. The summed E-state index contributed by atoms with van der Waals surface area (Å²) in [6, 6.07) is 8.90. The van der Waals surface area contributed by atoms with Gasteiger partial charge in [0, 0.05) is 18.1 Å². The monoisotopic (exact) mass is 414 g/mol. The van der Waals surface area contributed by atoms with Crippen molar-refractivity contribution in [3.8, 4) is 5.75 Å². The van der Waals surface area contributed by atoms with Gasteiger partial charge in [0.15, 0.2) is 11.6 Å². The molecule has 1 aromatic heterocycles. The highest BCUT2D eigenvalue weighted by Gasteiger charge is 2.27. The number of methoxy groups -OCH3 is 1. The number of fused-ring (bicyclic) bond motifs is 1. The van der Waals surface area contributed by atoms with Crippen LogP contribution in [0.1, 0.15) is 41.6 Å². The van der Waals surface area contributed by atoms with Gasteiger partial charge in [0.1, 0.15) is 5.82 Å². The molecule has 2 unspecified atom stereocenters. The molecule has 1 fully saturated rings. The molecule has 0 aliphatic heterocycles. The molecule has 0 radical (unpaired) electrons. The van der Waals surface area contributed by atoms with Crippen molar-refractivity contribution >= 4 is 16.8 Å². The summed E-state index contributed by atoms with van der Waals surface area (Å²) in [6.07, 6.45) is 4.19. The number of nitrogens with one attached hydrogen (secondary N) is 1. The summed E-state index contributed by atoms with van der Waals surface area (Å²) in [5, 5.41) is 13.2. The lowest BCUT2D eigenvalue weighted by molar-refractivity contribution is 0.0718. The van der Waals surface area contributed by atoms with Gasteiger partial charge in [-0.05, 0) is 42.7 Å². The lowest BCUT2D eigenvalue weighted by atomic mass is 9.92. The van der Waals surface area contributed by atoms with Crippen LogP contribution in [0.3, 0.4) is 0 Å². The number of rotatable bonds is 5. The number of amides is 1. The minimum Gasteiger partial charge on any atom is -0.494 e. The molecule has 7 heteroatoms. The largest absolute Gasteiger partial charge is 0.494 e. The summed E-state index contributed by atoms with van der Waals surface area (Å²) in [5.74, 6) is -1.26. The van der Waals surface area contributed by atoms with E-state index in [0.717, 1.165) is 12.8 Å². The first kappa shape index (κ1) is 20.3. The van der Waals surface area contributed by atoms with Crippen molar-refractivity contribution in [3.05, 3.63) is 65.4 Å². The third kappa shape index (κ3) is 3.89. The highest BCUT2D eigenvalue weighted by atomic mass is 19.1. The average molecular weight is 414 g/mol. The van der Waals surface area contributed by atoms with Crippen LogP contribution < -0.4 is 10.1 Å². The lowest BCUT2D eigenvalue weighted by Crippen LogP contribution is -2.45. The van der Waals surface area contributed by atoms with Gasteiger partial charge in [-0.15, -0.1) is 0 Å². The van der Waals surface area contributed by atoms with E-state index in [-0.39, 0.29) is 29.3 Å². The number of ether oxygens (including phenoxy) is 1. The number of hydrogen-bond acceptors (Lipinski definition) is 3. The fraction of sp³-hybridized carbons (Fsp3) is 0.348. The number of carbonyl (C=O) groups excluding carboxylic acids is 1. The number of halogens is 2. The van der Waals surface area contributed by atoms with E-state index in [1.54, 1.807) is 29.0 Å². The van der Waals surface area contributed by atoms with Gasteiger partial charge in [-0.25, -0.2) is 8.78 Å². The molecule has 0 spiro atoms. The standard InChI is InChI=1S/C23H24F2N2O3/c1-30-21-10-9-14(11-17(21)25)12-27-13-15(22-16(24)5-4-7-19(22)27)23(29)26-18-6-2-3-8-20(18)28/h4-5,7,9-11,13,18,20,28H,2-3,6,8,12H2,1H3,(H,26,29). The van der Waals surface area contributed by atoms with E-state index in [2.05, 4.69) is 5.32 Å². The Bertz CT molecular complexity index is 1080. The molecule has 2 atom stereocenters. The first-order valence-corrected chi connectivity index (χ1v) is 10.1. The number of aromatic nitrogens is 1. The van der Waals surface area contributed by atoms with E-state index in [9.17, 15) is 18.7 Å². The van der Waals surface area contributed by atoms with E-state index in [4.69, 9.17) is 4.74 Å². The van der Waals surface area contributed by atoms with Crippen LogP contribution in [0.5, 0.6) is 5.75 Å². The lowest BCUT2D eigenvalue weighted by Gasteiger charge is -2.28. The van der Waals surface area contributed by atoms with Crippen LogP contribution in [-0.4, -0.2) is 34.8 Å². The molecule has 5 nitrogen and oxygen atoms in total. The molecule has 1 aliphatic carbocycles. The number of nitrogens with zero attached hydrogens (tertiary/aromatic N) is 1. The Kier molecular flexibility index (Phi) is 5.72. The normalized spacial score (nSPS) is 19.1. The fourth-order valence-corrected chi connectivity index (χ4v) is 4.14. The maximum atomic E-state index is 14.7. The van der Waals surface area contributed by atoms with Crippen LogP contribution in [0.25, 0.3) is 10.9 Å². The van der Waals surface area contributed by atoms with Crippen molar-refractivity contribution in [2.24, 2.45) is 0 Å². The van der Waals surface area contributed by atoms with E-state index < -0.39 is 23.6 Å². The second kappa shape index (κ2) is 8.44. The minimum absolute atomic E-state index is 0.147. The summed E-state index contributed by atoms with van der Waals surface area (Å²) >= 11 is 0. The van der Waals surface area contributed by atoms with E-state index in [1.165, 1.54) is 25.3 Å². The Morgan fingerprint density at radius 1 is 1.20 bits per heavy atom. The van der Waals surface area contributed by atoms with E-state index in [1.807, 2.05) is 0 Å². The molecule has 2 N–H and O–H groups in total. The molecule has 1 saturated carbocycles. The third-order valence-electron chi connectivity index (χ3n) is 5.72. The molecular formula is C23H24F2N2O3. The van der Waals surface area contributed by atoms with Crippen LogP contribution in [0.4, 0.5) is 8.78 Å². The highest BCUT2D eigenvalue weighted by molar-refractivity contribution is 6.07. The van der Waals surface area contributed by atoms with Crippen molar-refractivity contribution < 1.29 is 23.4 Å². The Balaban J connectivity index is 1.67. The van der Waals surface area contributed by atoms with Gasteiger partial charge in [-0.3, -0.25) is 4.79 Å². The van der Waals surface area contributed by atoms with Gasteiger partial charge in [-0.2, -0.15) is 0 Å². The molecule has 4 rings (SSSR count). The van der Waals surface area contributed by atoms with Gasteiger partial charge in [-0.1, -0.05) is 25.0 Å². The molecule has 0 saturated heterocycles. The van der Waals surface area contributed by atoms with Crippen molar-refractivity contribution in [1.29, 1.82) is 0 Å². The first-order chi connectivity index (χ1) is 14.5. The van der Waals surface area contributed by atoms with Crippen molar-refractivity contribution in [1.82, 2.24) is 9.88 Å². The molecule has 1 amide bonds. The predicted molar refractivity (Wildman–Crippen MR) is 110 cm³/mol. The summed E-state index contributed by atoms with van der Waals surface area (Å²) in [6.45, 7) is 0.264. The number of benzene rings is 2. The van der Waals surface area contributed by atoms with Crippen molar-refractivity contribution in [2.45, 2.75) is 44.4 Å². The zero-order valence-electron chi connectivity index (χ0n) is 16.7. The number of carbonyl (C=O) groups is 1. The van der Waals surface area contributed by atoms with Crippen LogP contribution in [0.2, 0.25) is 0 Å². The summed E-state index contributed by atoms with van der Waals surface area (Å²) in [7, 11) is 1.40. The van der Waals surface area contributed by atoms with Gasteiger partial charge in [0.05, 0.1) is 30.3 Å². The fourth-order valence-electron chi connectivity index (χ4n) is 4.14. The van der Waals surface area contributed by atoms with Crippen LogP contribution in [0.15, 0.2) is 42.6 Å². The molecule has 3 aromatic rings. The Morgan fingerprint density at radius 3 is 2.73 bits per heavy atom. The molecule has 0 bridgehead atoms. The summed E-state index contributed by atoms with van der Waals surface area (Å²) in [5.41, 5.74) is 1.40. The molecule has 1 aliphatic rings. The Labute approximate surface area is 173 Å². The quantitative estimate of drug-likeness (QED) is 0.663. The second-order valence-corrected chi connectivity index (χ2v) is 7.71. The van der Waals surface area contributed by atoms with Crippen LogP contribution >= 0.6 is 0 Å². The van der Waals surface area contributed by atoms with Crippen LogP contribution in [0, 0.1) is 11.6 Å². The highest BCUT2D eigenvalue weighted by Crippen LogP contribution is 2.27. The van der Waals surface area contributed by atoms with Gasteiger partial charge < -0.3 is 19.7 Å². The third-order valence-corrected chi connectivity index (χ3v) is 5.72. The second-order valence-electron chi connectivity index (χ2n) is 7.71. The van der Waals surface area contributed by atoms with Gasteiger partial charge in [0.2, 0.25) is 0 Å². The summed E-state index contributed by atoms with van der Waals surface area (Å²) < 4.78 is 35.4. The molecule has 30 heavy (non-hydrogen) atoms. The summed E-state index contributed by atoms with van der Waals surface area (Å²) in [4.78, 5) is 12.9. The van der Waals surface area contributed by atoms with Crippen molar-refractivity contribution in [2.75, 3.05) is 7.11 Å². The first-order valence-electron chi connectivity index (χ1n) is 10.1. The number of aliphatic hydroxyl groups is 1. The van der Waals surface area contributed by atoms with Gasteiger partial charge >= 0.3 is 0 Å². The SMILES string of the molecule is COc1ccc(Cn2cc(C(=O)NC3CCCCC3O)c3c(F)cccc32)cc1F. The van der Waals surface area contributed by atoms with E-state index in [0.29, 0.717) is 23.9 Å². The van der Waals surface area contributed by atoms with Crippen molar-refractivity contribution in [3.63, 3.8) is 0 Å². The van der Waals surface area contributed by atoms with Gasteiger partial charge in [0.25, 0.3) is 5.91 Å². The van der Waals surface area contributed by atoms with E-state index >= 15 is 0 Å². The Hall–Kier alpha value is -2.93. The zero-order valence-corrected chi connectivity index (χ0v) is 16.7. The Morgan fingerprint density at radius 2 is 2.00 bits per heavy atom. The maximum absolute atomic E-state index is 14.7. The predicted octanol–water partition coefficient (Wildman–Crippen LogP) is 4.01. The zero-order chi connectivity index (χ0) is 21.3. The smallest absolute Gasteiger partial charge is 0.253 e.